The van der Waals surface area contributed by atoms with Crippen molar-refractivity contribution >= 4 is 5.78 Å². The number of ether oxygens (including phenoxy) is 1. The molecule has 22 heavy (non-hydrogen) atoms. The molecule has 0 aromatic heterocycles. The minimum Gasteiger partial charge on any atom is -0.389 e. The van der Waals surface area contributed by atoms with Crippen molar-refractivity contribution in [1.29, 1.82) is 0 Å². The number of epoxide rings is 1. The van der Waals surface area contributed by atoms with E-state index < -0.39 is 5.60 Å². The topological polar surface area (TPSA) is 49.8 Å². The molecule has 3 aliphatic carbocycles. The summed E-state index contributed by atoms with van der Waals surface area (Å²) in [7, 11) is 0. The smallest absolute Gasteiger partial charge is 0.162 e. The molecule has 4 rings (SSSR count). The van der Waals surface area contributed by atoms with E-state index in [9.17, 15) is 9.90 Å². The maximum absolute atomic E-state index is 12.9. The highest BCUT2D eigenvalue weighted by Crippen LogP contribution is 2.65. The second kappa shape index (κ2) is 4.24. The summed E-state index contributed by atoms with van der Waals surface area (Å²) >= 11 is 0. The second-order valence-electron chi connectivity index (χ2n) is 8.90. The van der Waals surface area contributed by atoms with Crippen LogP contribution in [-0.4, -0.2) is 28.2 Å². The van der Waals surface area contributed by atoms with Crippen molar-refractivity contribution in [1.82, 2.24) is 0 Å². The lowest BCUT2D eigenvalue weighted by molar-refractivity contribution is -0.152. The van der Waals surface area contributed by atoms with Gasteiger partial charge >= 0.3 is 0 Å². The number of carbonyl (C=O) groups excluding carboxylic acids is 1. The van der Waals surface area contributed by atoms with Crippen LogP contribution in [-0.2, 0) is 9.53 Å². The summed E-state index contributed by atoms with van der Waals surface area (Å²) in [6.07, 6.45) is 6.99. The van der Waals surface area contributed by atoms with Crippen molar-refractivity contribution in [2.45, 2.75) is 77.1 Å². The first-order valence-corrected chi connectivity index (χ1v) is 8.88. The molecule has 3 heteroatoms. The van der Waals surface area contributed by atoms with Gasteiger partial charge in [0.2, 0.25) is 0 Å². The first-order chi connectivity index (χ1) is 10.2. The van der Waals surface area contributed by atoms with E-state index in [2.05, 4.69) is 20.8 Å². The molecule has 1 saturated heterocycles. The van der Waals surface area contributed by atoms with Crippen LogP contribution < -0.4 is 0 Å². The van der Waals surface area contributed by atoms with Crippen molar-refractivity contribution < 1.29 is 14.6 Å². The predicted octanol–water partition coefficient (Wildman–Crippen LogP) is 3.26. The molecule has 6 atom stereocenters. The molecule has 0 aromatic carbocycles. The zero-order chi connectivity index (χ0) is 15.9. The Morgan fingerprint density at radius 2 is 2.00 bits per heavy atom. The van der Waals surface area contributed by atoms with Crippen LogP contribution in [0, 0.1) is 23.2 Å². The van der Waals surface area contributed by atoms with E-state index in [0.717, 1.165) is 32.1 Å². The van der Waals surface area contributed by atoms with Crippen LogP contribution in [0.5, 0.6) is 0 Å². The Labute approximate surface area is 133 Å². The van der Waals surface area contributed by atoms with Gasteiger partial charge in [0.05, 0.1) is 11.5 Å². The monoisotopic (exact) mass is 304 g/mol. The molecule has 1 aliphatic heterocycles. The molecule has 1 heterocycles. The lowest BCUT2D eigenvalue weighted by Crippen LogP contribution is -2.58. The maximum atomic E-state index is 12.9. The van der Waals surface area contributed by atoms with E-state index in [4.69, 9.17) is 4.74 Å². The Kier molecular flexibility index (Phi) is 2.87. The Bertz CT molecular complexity index is 561. The minimum atomic E-state index is -0.858. The highest BCUT2D eigenvalue weighted by atomic mass is 16.6. The van der Waals surface area contributed by atoms with Crippen LogP contribution in [0.15, 0.2) is 11.6 Å². The molecule has 1 N–H and O–H groups in total. The number of fused-ring (bicyclic) bond motifs is 5. The maximum Gasteiger partial charge on any atom is 0.162 e. The summed E-state index contributed by atoms with van der Waals surface area (Å²) < 4.78 is 6.14. The van der Waals surface area contributed by atoms with E-state index in [1.807, 2.05) is 13.0 Å². The summed E-state index contributed by atoms with van der Waals surface area (Å²) in [5.74, 6) is 0.789. The first kappa shape index (κ1) is 14.9. The van der Waals surface area contributed by atoms with Crippen LogP contribution in [0.25, 0.3) is 0 Å². The van der Waals surface area contributed by atoms with Crippen molar-refractivity contribution in [3.63, 3.8) is 0 Å². The number of hydrogen-bond donors (Lipinski definition) is 1. The first-order valence-electron chi connectivity index (χ1n) is 8.88. The quantitative estimate of drug-likeness (QED) is 0.757. The van der Waals surface area contributed by atoms with Gasteiger partial charge in [-0.3, -0.25) is 4.79 Å². The van der Waals surface area contributed by atoms with E-state index in [0.29, 0.717) is 11.8 Å². The average Bonchev–Trinajstić information content (AvgIpc) is 3.13. The second-order valence-corrected chi connectivity index (χ2v) is 8.90. The van der Waals surface area contributed by atoms with Gasteiger partial charge in [0.15, 0.2) is 5.78 Å². The highest BCUT2D eigenvalue weighted by molar-refractivity contribution is 5.95. The van der Waals surface area contributed by atoms with Crippen LogP contribution >= 0.6 is 0 Å². The molecule has 0 amide bonds. The van der Waals surface area contributed by atoms with Crippen molar-refractivity contribution in [3.05, 3.63) is 11.6 Å². The van der Waals surface area contributed by atoms with Gasteiger partial charge in [-0.25, -0.2) is 0 Å². The number of hydrogen-bond acceptors (Lipinski definition) is 3. The van der Waals surface area contributed by atoms with Gasteiger partial charge in [0.25, 0.3) is 0 Å². The van der Waals surface area contributed by atoms with Gasteiger partial charge in [-0.05, 0) is 67.9 Å². The molecule has 0 unspecified atom stereocenters. The Morgan fingerprint density at radius 1 is 1.27 bits per heavy atom. The van der Waals surface area contributed by atoms with Gasteiger partial charge < -0.3 is 9.84 Å². The molecule has 3 nitrogen and oxygen atoms in total. The van der Waals surface area contributed by atoms with E-state index >= 15 is 0 Å². The minimum absolute atomic E-state index is 0.0109. The largest absolute Gasteiger partial charge is 0.389 e. The molecular weight excluding hydrogens is 276 g/mol. The Balaban J connectivity index is 1.76. The fourth-order valence-electron chi connectivity index (χ4n) is 6.14. The third-order valence-corrected chi connectivity index (χ3v) is 7.30. The number of carbonyl (C=O) groups is 1. The zero-order valence-corrected chi connectivity index (χ0v) is 14.2. The molecular formula is C19H28O3. The van der Waals surface area contributed by atoms with Crippen molar-refractivity contribution in [3.8, 4) is 0 Å². The van der Waals surface area contributed by atoms with Gasteiger partial charge in [0, 0.05) is 0 Å². The van der Waals surface area contributed by atoms with Crippen LogP contribution in [0.3, 0.4) is 0 Å². The standard InChI is InChI=1S/C19H28O3/c1-11(2)19-9-6-13-12(16(19)22-19)10-14(20)15-17(13,3)7-5-8-18(15,4)21/h10-11,13,15-16,21H,5-9H2,1-4H3/t13-,15+,16+,17-,18+,19+/m1/s1. The predicted molar refractivity (Wildman–Crippen MR) is 84.3 cm³/mol. The molecule has 0 aromatic rings. The summed E-state index contributed by atoms with van der Waals surface area (Å²) in [6.45, 7) is 8.55. The average molecular weight is 304 g/mol. The molecule has 0 spiro atoms. The molecule has 4 aliphatic rings. The lowest BCUT2D eigenvalue weighted by atomic mass is 9.48. The Hall–Kier alpha value is -0.670. The van der Waals surface area contributed by atoms with Crippen LogP contribution in [0.2, 0.25) is 0 Å². The van der Waals surface area contributed by atoms with Gasteiger partial charge in [-0.2, -0.15) is 0 Å². The van der Waals surface area contributed by atoms with Gasteiger partial charge in [-0.15, -0.1) is 0 Å². The van der Waals surface area contributed by atoms with Crippen LogP contribution in [0.4, 0.5) is 0 Å². The molecule has 0 bridgehead atoms. The molecule has 3 fully saturated rings. The number of rotatable bonds is 1. The van der Waals surface area contributed by atoms with Gasteiger partial charge in [-0.1, -0.05) is 20.8 Å². The summed E-state index contributed by atoms with van der Waals surface area (Å²) in [4.78, 5) is 12.9. The number of aliphatic hydroxyl groups is 1. The number of allylic oxidation sites excluding steroid dienone is 1. The number of ketones is 1. The van der Waals surface area contributed by atoms with E-state index in [1.54, 1.807) is 0 Å². The third kappa shape index (κ3) is 1.67. The summed E-state index contributed by atoms with van der Waals surface area (Å²) in [5.41, 5.74) is 0.269. The highest BCUT2D eigenvalue weighted by Gasteiger charge is 2.68. The fraction of sp³-hybridized carbons (Fsp3) is 0.842. The van der Waals surface area contributed by atoms with Crippen LogP contribution in [0.1, 0.15) is 59.8 Å². The van der Waals surface area contributed by atoms with E-state index in [1.165, 1.54) is 5.57 Å². The normalized spacial score (nSPS) is 53.5. The third-order valence-electron chi connectivity index (χ3n) is 7.30. The fourth-order valence-corrected chi connectivity index (χ4v) is 6.14. The van der Waals surface area contributed by atoms with Crippen molar-refractivity contribution in [2.75, 3.05) is 0 Å². The van der Waals surface area contributed by atoms with E-state index in [-0.39, 0.29) is 28.8 Å². The van der Waals surface area contributed by atoms with Gasteiger partial charge in [0.1, 0.15) is 11.7 Å². The van der Waals surface area contributed by atoms with Crippen molar-refractivity contribution in [2.24, 2.45) is 23.2 Å². The molecule has 122 valence electrons. The molecule has 2 saturated carbocycles. The lowest BCUT2D eigenvalue weighted by Gasteiger charge is -2.55. The Morgan fingerprint density at radius 3 is 2.68 bits per heavy atom. The molecule has 0 radical (unpaired) electrons. The SMILES string of the molecule is CC(C)[C@@]12CC[C@@H]3C(=CC(=O)[C@H]4[C@]3(C)CCC[C@]4(C)O)[C@@H]1O2. The summed E-state index contributed by atoms with van der Waals surface area (Å²) in [6, 6.07) is 0. The summed E-state index contributed by atoms with van der Waals surface area (Å²) in [5, 5.41) is 10.8. The zero-order valence-electron chi connectivity index (χ0n) is 14.2.